The molecular formula is C28H40N6. The standard InChI is InChI=1S/C28H40N6/c1-4-10-22(11-5-1)25-16-19-32(29-25)28(33-20-17-26(30-33)23-12-6-2-7-13-23)34-21-18-27(31-34)24-14-8-3-9-15-24/h16-24,28H,1-15H2. The lowest BCUT2D eigenvalue weighted by molar-refractivity contribution is 0.275. The summed E-state index contributed by atoms with van der Waals surface area (Å²) in [6.07, 6.45) is 25.9. The van der Waals surface area contributed by atoms with E-state index in [9.17, 15) is 0 Å². The van der Waals surface area contributed by atoms with Crippen molar-refractivity contribution in [3.05, 3.63) is 53.9 Å². The van der Waals surface area contributed by atoms with E-state index in [1.54, 1.807) is 0 Å². The molecule has 3 heterocycles. The van der Waals surface area contributed by atoms with Crippen molar-refractivity contribution in [2.75, 3.05) is 0 Å². The zero-order valence-corrected chi connectivity index (χ0v) is 20.6. The van der Waals surface area contributed by atoms with Crippen molar-refractivity contribution >= 4 is 0 Å². The highest BCUT2D eigenvalue weighted by Crippen LogP contribution is 2.35. The summed E-state index contributed by atoms with van der Waals surface area (Å²) in [5, 5.41) is 15.4. The maximum atomic E-state index is 5.13. The molecule has 182 valence electrons. The second kappa shape index (κ2) is 10.1. The molecule has 3 aliphatic rings. The lowest BCUT2D eigenvalue weighted by Crippen LogP contribution is -2.28. The Morgan fingerprint density at radius 1 is 0.471 bits per heavy atom. The van der Waals surface area contributed by atoms with Gasteiger partial charge in [-0.3, -0.25) is 0 Å². The van der Waals surface area contributed by atoms with Crippen molar-refractivity contribution in [2.24, 2.45) is 0 Å². The van der Waals surface area contributed by atoms with Gasteiger partial charge in [-0.2, -0.15) is 15.3 Å². The van der Waals surface area contributed by atoms with Gasteiger partial charge >= 0.3 is 0 Å². The molecule has 0 spiro atoms. The third kappa shape index (κ3) is 4.60. The molecule has 0 amide bonds. The molecule has 3 aromatic rings. The molecule has 3 aliphatic carbocycles. The zero-order valence-electron chi connectivity index (χ0n) is 20.6. The number of rotatable bonds is 6. The molecule has 0 unspecified atom stereocenters. The number of nitrogens with zero attached hydrogens (tertiary/aromatic N) is 6. The first kappa shape index (κ1) is 22.1. The van der Waals surface area contributed by atoms with E-state index in [-0.39, 0.29) is 6.29 Å². The van der Waals surface area contributed by atoms with Crippen molar-refractivity contribution in [1.82, 2.24) is 29.3 Å². The highest BCUT2D eigenvalue weighted by atomic mass is 15.6. The van der Waals surface area contributed by atoms with Crippen LogP contribution < -0.4 is 0 Å². The lowest BCUT2D eigenvalue weighted by atomic mass is 9.87. The van der Waals surface area contributed by atoms with E-state index in [1.165, 1.54) is 113 Å². The van der Waals surface area contributed by atoms with Gasteiger partial charge in [0, 0.05) is 36.3 Å². The Labute approximate surface area is 203 Å². The average molecular weight is 461 g/mol. The quantitative estimate of drug-likeness (QED) is 0.399. The highest BCUT2D eigenvalue weighted by Gasteiger charge is 2.26. The van der Waals surface area contributed by atoms with Crippen molar-refractivity contribution in [1.29, 1.82) is 0 Å². The Kier molecular flexibility index (Phi) is 6.56. The fraction of sp³-hybridized carbons (Fsp3) is 0.679. The summed E-state index contributed by atoms with van der Waals surface area (Å²) in [5.41, 5.74) is 3.72. The minimum absolute atomic E-state index is 0.188. The van der Waals surface area contributed by atoms with E-state index in [1.807, 2.05) is 0 Å². The molecule has 3 saturated carbocycles. The molecule has 3 fully saturated rings. The number of aromatic nitrogens is 6. The second-order valence-electron chi connectivity index (χ2n) is 11.0. The normalized spacial score (nSPS) is 21.4. The highest BCUT2D eigenvalue weighted by molar-refractivity contribution is 5.12. The third-order valence-electron chi connectivity index (χ3n) is 8.67. The van der Waals surface area contributed by atoms with Crippen molar-refractivity contribution < 1.29 is 0 Å². The smallest absolute Gasteiger partial charge is 0.227 e. The van der Waals surface area contributed by atoms with Gasteiger partial charge in [-0.1, -0.05) is 57.8 Å². The minimum Gasteiger partial charge on any atom is -0.227 e. The molecule has 6 rings (SSSR count). The van der Waals surface area contributed by atoms with Crippen LogP contribution in [0.15, 0.2) is 36.8 Å². The Hall–Kier alpha value is -2.37. The van der Waals surface area contributed by atoms with Crippen LogP contribution in [0.5, 0.6) is 0 Å². The van der Waals surface area contributed by atoms with E-state index < -0.39 is 0 Å². The number of hydrogen-bond acceptors (Lipinski definition) is 3. The predicted octanol–water partition coefficient (Wildman–Crippen LogP) is 6.97. The molecule has 34 heavy (non-hydrogen) atoms. The Bertz CT molecular complexity index is 909. The molecule has 0 N–H and O–H groups in total. The predicted molar refractivity (Wildman–Crippen MR) is 134 cm³/mol. The fourth-order valence-electron chi connectivity index (χ4n) is 6.66. The lowest BCUT2D eigenvalue weighted by Gasteiger charge is -2.22. The Morgan fingerprint density at radius 3 is 1.06 bits per heavy atom. The molecule has 0 atom stereocenters. The second-order valence-corrected chi connectivity index (χ2v) is 11.0. The summed E-state index contributed by atoms with van der Waals surface area (Å²) in [7, 11) is 0. The van der Waals surface area contributed by atoms with E-state index >= 15 is 0 Å². The van der Waals surface area contributed by atoms with Gasteiger partial charge in [0.1, 0.15) is 0 Å². The Morgan fingerprint density at radius 2 is 0.765 bits per heavy atom. The van der Waals surface area contributed by atoms with Crippen LogP contribution in [0.1, 0.15) is 137 Å². The van der Waals surface area contributed by atoms with Crippen LogP contribution in [-0.4, -0.2) is 29.3 Å². The molecule has 6 heteroatoms. The summed E-state index contributed by atoms with van der Waals surface area (Å²) >= 11 is 0. The Balaban J connectivity index is 1.32. The van der Waals surface area contributed by atoms with Crippen LogP contribution in [0.4, 0.5) is 0 Å². The van der Waals surface area contributed by atoms with Gasteiger partial charge < -0.3 is 0 Å². The summed E-state index contributed by atoms with van der Waals surface area (Å²) in [6.45, 7) is 0. The maximum Gasteiger partial charge on any atom is 0.238 e. The van der Waals surface area contributed by atoms with E-state index in [2.05, 4.69) is 50.8 Å². The molecule has 0 radical (unpaired) electrons. The molecular weight excluding hydrogens is 420 g/mol. The van der Waals surface area contributed by atoms with Crippen LogP contribution in [0.2, 0.25) is 0 Å². The summed E-state index contributed by atoms with van der Waals surface area (Å²) in [6, 6.07) is 6.71. The van der Waals surface area contributed by atoms with Gasteiger partial charge in [0.25, 0.3) is 0 Å². The SMILES string of the molecule is c1cn(C(n2ccc(C3CCCCC3)n2)n2ccc(C3CCCCC3)n2)nc1C1CCCCC1. The first-order chi connectivity index (χ1) is 16.8. The first-order valence-corrected chi connectivity index (χ1v) is 14.0. The summed E-state index contributed by atoms with van der Waals surface area (Å²) in [5.74, 6) is 1.80. The van der Waals surface area contributed by atoms with Gasteiger partial charge in [-0.25, -0.2) is 14.0 Å². The maximum absolute atomic E-state index is 5.13. The molecule has 0 bridgehead atoms. The zero-order chi connectivity index (χ0) is 22.7. The van der Waals surface area contributed by atoms with Gasteiger partial charge in [0.2, 0.25) is 6.29 Å². The van der Waals surface area contributed by atoms with Gasteiger partial charge in [-0.05, 0) is 56.7 Å². The van der Waals surface area contributed by atoms with Crippen LogP contribution in [0.25, 0.3) is 0 Å². The molecule has 0 aromatic carbocycles. The molecule has 0 aliphatic heterocycles. The molecule has 6 nitrogen and oxygen atoms in total. The first-order valence-electron chi connectivity index (χ1n) is 14.0. The largest absolute Gasteiger partial charge is 0.238 e. The summed E-state index contributed by atoms with van der Waals surface area (Å²) in [4.78, 5) is 0. The average Bonchev–Trinajstić information content (AvgIpc) is 3.68. The molecule has 3 aromatic heterocycles. The third-order valence-corrected chi connectivity index (χ3v) is 8.67. The fourth-order valence-corrected chi connectivity index (χ4v) is 6.66. The van der Waals surface area contributed by atoms with Gasteiger partial charge in [0.05, 0.1) is 17.1 Å². The van der Waals surface area contributed by atoms with Crippen LogP contribution in [-0.2, 0) is 0 Å². The van der Waals surface area contributed by atoms with Crippen LogP contribution in [0, 0.1) is 0 Å². The van der Waals surface area contributed by atoms with Crippen LogP contribution in [0.3, 0.4) is 0 Å². The molecule has 0 saturated heterocycles. The monoisotopic (exact) mass is 460 g/mol. The minimum atomic E-state index is -0.188. The van der Waals surface area contributed by atoms with E-state index in [4.69, 9.17) is 15.3 Å². The number of hydrogen-bond donors (Lipinski definition) is 0. The van der Waals surface area contributed by atoms with Crippen molar-refractivity contribution in [3.63, 3.8) is 0 Å². The van der Waals surface area contributed by atoms with E-state index in [0.717, 1.165) is 0 Å². The van der Waals surface area contributed by atoms with Gasteiger partial charge in [-0.15, -0.1) is 0 Å². The van der Waals surface area contributed by atoms with E-state index in [0.29, 0.717) is 17.8 Å². The van der Waals surface area contributed by atoms with Crippen LogP contribution >= 0.6 is 0 Å². The topological polar surface area (TPSA) is 53.5 Å². The summed E-state index contributed by atoms with van der Waals surface area (Å²) < 4.78 is 6.29. The van der Waals surface area contributed by atoms with Gasteiger partial charge in [0.15, 0.2) is 0 Å². The van der Waals surface area contributed by atoms with Crippen molar-refractivity contribution in [3.8, 4) is 0 Å². The van der Waals surface area contributed by atoms with Crippen molar-refractivity contribution in [2.45, 2.75) is 120 Å².